The van der Waals surface area contributed by atoms with Crippen LogP contribution in [0.2, 0.25) is 0 Å². The molecule has 1 N–H and O–H groups in total. The number of anilines is 1. The predicted octanol–water partition coefficient (Wildman–Crippen LogP) is 6.05. The van der Waals surface area contributed by atoms with Crippen molar-refractivity contribution >= 4 is 38.6 Å². The van der Waals surface area contributed by atoms with E-state index in [2.05, 4.69) is 39.2 Å². The summed E-state index contributed by atoms with van der Waals surface area (Å²) in [7, 11) is 0. The number of aromatic nitrogens is 1. The number of aryl methyl sites for hydroxylation is 2. The van der Waals surface area contributed by atoms with Gasteiger partial charge in [-0.1, -0.05) is 34.1 Å². The van der Waals surface area contributed by atoms with E-state index >= 15 is 0 Å². The van der Waals surface area contributed by atoms with Gasteiger partial charge in [-0.05, 0) is 73.0 Å². The van der Waals surface area contributed by atoms with Gasteiger partial charge in [-0.3, -0.25) is 4.79 Å². The molecule has 0 bridgehead atoms. The van der Waals surface area contributed by atoms with Crippen molar-refractivity contribution in [2.45, 2.75) is 20.3 Å². The van der Waals surface area contributed by atoms with Crippen LogP contribution in [0.3, 0.4) is 0 Å². The first kappa shape index (κ1) is 18.4. The SMILES string of the molecule is Cc1cc(C)c2oc(Cc3ccc(NC(=O)c4ccc(Br)cc4)cc3)nc2c1. The second-order valence-electron chi connectivity index (χ2n) is 6.87. The number of nitrogens with one attached hydrogen (secondary N) is 1. The van der Waals surface area contributed by atoms with Gasteiger partial charge in [0.1, 0.15) is 5.52 Å². The Morgan fingerprint density at radius 3 is 2.46 bits per heavy atom. The van der Waals surface area contributed by atoms with E-state index in [0.29, 0.717) is 17.9 Å². The summed E-state index contributed by atoms with van der Waals surface area (Å²) in [5.74, 6) is 0.556. The lowest BCUT2D eigenvalue weighted by atomic mass is 10.1. The van der Waals surface area contributed by atoms with Crippen LogP contribution in [0.25, 0.3) is 11.1 Å². The standard InChI is InChI=1S/C23H19BrN2O2/c1-14-11-15(2)22-20(12-14)26-21(28-22)13-16-3-9-19(10-4-16)25-23(27)17-5-7-18(24)8-6-17/h3-12H,13H2,1-2H3,(H,25,27). The monoisotopic (exact) mass is 434 g/mol. The first-order chi connectivity index (χ1) is 13.5. The number of oxazole rings is 1. The van der Waals surface area contributed by atoms with E-state index in [0.717, 1.165) is 32.4 Å². The lowest BCUT2D eigenvalue weighted by Gasteiger charge is -2.06. The molecule has 0 saturated heterocycles. The van der Waals surface area contributed by atoms with Crippen molar-refractivity contribution in [3.8, 4) is 0 Å². The van der Waals surface area contributed by atoms with Gasteiger partial charge in [0, 0.05) is 22.1 Å². The van der Waals surface area contributed by atoms with Gasteiger partial charge >= 0.3 is 0 Å². The number of fused-ring (bicyclic) bond motifs is 1. The molecule has 0 radical (unpaired) electrons. The fourth-order valence-corrected chi connectivity index (χ4v) is 3.45. The fourth-order valence-electron chi connectivity index (χ4n) is 3.18. The van der Waals surface area contributed by atoms with Crippen LogP contribution in [0.1, 0.15) is 32.9 Å². The Bertz CT molecular complexity index is 1150. The minimum atomic E-state index is -0.134. The molecule has 0 atom stereocenters. The van der Waals surface area contributed by atoms with Gasteiger partial charge < -0.3 is 9.73 Å². The smallest absolute Gasteiger partial charge is 0.255 e. The van der Waals surface area contributed by atoms with Crippen LogP contribution in [0, 0.1) is 13.8 Å². The average Bonchev–Trinajstić information content (AvgIpc) is 3.06. The molecule has 28 heavy (non-hydrogen) atoms. The first-order valence-corrected chi connectivity index (χ1v) is 9.80. The predicted molar refractivity (Wildman–Crippen MR) is 115 cm³/mol. The molecule has 4 aromatic rings. The molecule has 0 unspecified atom stereocenters. The zero-order chi connectivity index (χ0) is 19.7. The second kappa shape index (κ2) is 7.60. The van der Waals surface area contributed by atoms with Gasteiger partial charge in [-0.25, -0.2) is 4.98 Å². The number of carbonyl (C=O) groups is 1. The van der Waals surface area contributed by atoms with E-state index < -0.39 is 0 Å². The molecular weight excluding hydrogens is 416 g/mol. The van der Waals surface area contributed by atoms with Crippen molar-refractivity contribution < 1.29 is 9.21 Å². The van der Waals surface area contributed by atoms with E-state index in [1.165, 1.54) is 5.56 Å². The highest BCUT2D eigenvalue weighted by Crippen LogP contribution is 2.23. The molecule has 1 amide bonds. The first-order valence-electron chi connectivity index (χ1n) is 9.00. The summed E-state index contributed by atoms with van der Waals surface area (Å²) in [6.45, 7) is 4.09. The minimum absolute atomic E-state index is 0.134. The molecule has 1 heterocycles. The molecule has 0 fully saturated rings. The van der Waals surface area contributed by atoms with Gasteiger partial charge in [0.25, 0.3) is 5.91 Å². The highest BCUT2D eigenvalue weighted by Gasteiger charge is 2.10. The highest BCUT2D eigenvalue weighted by molar-refractivity contribution is 9.10. The number of hydrogen-bond acceptors (Lipinski definition) is 3. The van der Waals surface area contributed by atoms with Crippen LogP contribution < -0.4 is 5.32 Å². The zero-order valence-corrected chi connectivity index (χ0v) is 17.2. The number of amides is 1. The normalized spacial score (nSPS) is 11.0. The van der Waals surface area contributed by atoms with E-state index in [9.17, 15) is 4.79 Å². The van der Waals surface area contributed by atoms with Crippen molar-refractivity contribution in [1.29, 1.82) is 0 Å². The molecule has 0 spiro atoms. The Balaban J connectivity index is 1.47. The van der Waals surface area contributed by atoms with E-state index in [1.807, 2.05) is 49.4 Å². The van der Waals surface area contributed by atoms with E-state index in [-0.39, 0.29) is 5.91 Å². The lowest BCUT2D eigenvalue weighted by Crippen LogP contribution is -2.11. The quantitative estimate of drug-likeness (QED) is 0.425. The molecule has 0 aliphatic carbocycles. The minimum Gasteiger partial charge on any atom is -0.440 e. The van der Waals surface area contributed by atoms with Crippen LogP contribution in [0.5, 0.6) is 0 Å². The third kappa shape index (κ3) is 3.99. The summed E-state index contributed by atoms with van der Waals surface area (Å²) in [4.78, 5) is 16.9. The molecule has 0 aliphatic rings. The van der Waals surface area contributed by atoms with Crippen molar-refractivity contribution in [3.05, 3.63) is 93.3 Å². The summed E-state index contributed by atoms with van der Waals surface area (Å²) in [6, 6.07) is 19.1. The maximum Gasteiger partial charge on any atom is 0.255 e. The Kier molecular flexibility index (Phi) is 5.01. The van der Waals surface area contributed by atoms with Gasteiger partial charge in [-0.15, -0.1) is 0 Å². The van der Waals surface area contributed by atoms with Crippen molar-refractivity contribution in [2.75, 3.05) is 5.32 Å². The fraction of sp³-hybridized carbons (Fsp3) is 0.130. The van der Waals surface area contributed by atoms with E-state index in [1.54, 1.807) is 12.1 Å². The largest absolute Gasteiger partial charge is 0.440 e. The van der Waals surface area contributed by atoms with Crippen LogP contribution in [-0.4, -0.2) is 10.9 Å². The summed E-state index contributed by atoms with van der Waals surface area (Å²) >= 11 is 3.37. The van der Waals surface area contributed by atoms with Crippen molar-refractivity contribution in [2.24, 2.45) is 0 Å². The Morgan fingerprint density at radius 1 is 1.04 bits per heavy atom. The maximum absolute atomic E-state index is 12.3. The number of halogens is 1. The van der Waals surface area contributed by atoms with E-state index in [4.69, 9.17) is 4.42 Å². The van der Waals surface area contributed by atoms with Crippen LogP contribution in [0.15, 0.2) is 69.6 Å². The third-order valence-corrected chi connectivity index (χ3v) is 5.07. The summed E-state index contributed by atoms with van der Waals surface area (Å²) < 4.78 is 6.88. The summed E-state index contributed by atoms with van der Waals surface area (Å²) in [5.41, 5.74) is 6.45. The Morgan fingerprint density at radius 2 is 1.75 bits per heavy atom. The molecule has 3 aromatic carbocycles. The van der Waals surface area contributed by atoms with Gasteiger partial charge in [0.2, 0.25) is 0 Å². The topological polar surface area (TPSA) is 55.1 Å². The van der Waals surface area contributed by atoms with Gasteiger partial charge in [-0.2, -0.15) is 0 Å². The summed E-state index contributed by atoms with van der Waals surface area (Å²) in [6.07, 6.45) is 0.605. The Labute approximate surface area is 171 Å². The summed E-state index contributed by atoms with van der Waals surface area (Å²) in [5, 5.41) is 2.91. The number of benzene rings is 3. The zero-order valence-electron chi connectivity index (χ0n) is 15.6. The van der Waals surface area contributed by atoms with Crippen LogP contribution in [0.4, 0.5) is 5.69 Å². The maximum atomic E-state index is 12.3. The second-order valence-corrected chi connectivity index (χ2v) is 7.79. The van der Waals surface area contributed by atoms with Crippen LogP contribution >= 0.6 is 15.9 Å². The Hall–Kier alpha value is -2.92. The third-order valence-electron chi connectivity index (χ3n) is 4.54. The number of nitrogens with zero attached hydrogens (tertiary/aromatic N) is 1. The highest BCUT2D eigenvalue weighted by atomic mass is 79.9. The molecular formula is C23H19BrN2O2. The molecule has 140 valence electrons. The van der Waals surface area contributed by atoms with Crippen molar-refractivity contribution in [1.82, 2.24) is 4.98 Å². The molecule has 0 saturated carbocycles. The number of carbonyl (C=O) groups excluding carboxylic acids is 1. The molecule has 4 nitrogen and oxygen atoms in total. The lowest BCUT2D eigenvalue weighted by molar-refractivity contribution is 0.102. The average molecular weight is 435 g/mol. The molecule has 5 heteroatoms. The van der Waals surface area contributed by atoms with Gasteiger partial charge in [0.15, 0.2) is 11.5 Å². The molecule has 0 aliphatic heterocycles. The number of rotatable bonds is 4. The molecule has 4 rings (SSSR count). The number of hydrogen-bond donors (Lipinski definition) is 1. The molecule has 1 aromatic heterocycles. The van der Waals surface area contributed by atoms with Gasteiger partial charge in [0.05, 0.1) is 0 Å². The van der Waals surface area contributed by atoms with Crippen molar-refractivity contribution in [3.63, 3.8) is 0 Å². The van der Waals surface area contributed by atoms with Crippen LogP contribution in [-0.2, 0) is 6.42 Å².